The van der Waals surface area contributed by atoms with Crippen molar-refractivity contribution in [3.8, 4) is 0 Å². The number of amides is 2. The van der Waals surface area contributed by atoms with E-state index in [9.17, 15) is 9.59 Å². The van der Waals surface area contributed by atoms with E-state index in [2.05, 4.69) is 10.6 Å². The Bertz CT molecular complexity index is 529. The molecule has 0 spiro atoms. The van der Waals surface area contributed by atoms with Gasteiger partial charge in [0.05, 0.1) is 19.5 Å². The molecular weight excluding hydrogens is 264 g/mol. The van der Waals surface area contributed by atoms with Gasteiger partial charge in [-0.25, -0.2) is 0 Å². The minimum atomic E-state index is -0.110. The molecule has 0 saturated carbocycles. The first-order chi connectivity index (χ1) is 10.2. The molecule has 0 radical (unpaired) electrons. The van der Waals surface area contributed by atoms with Gasteiger partial charge in [-0.15, -0.1) is 0 Å². The van der Waals surface area contributed by atoms with Crippen LogP contribution in [0.4, 0.5) is 0 Å². The Morgan fingerprint density at radius 1 is 0.667 bits per heavy atom. The monoisotopic (exact) mass is 282 g/mol. The third kappa shape index (κ3) is 5.48. The molecule has 0 aliphatic rings. The number of rotatable bonds is 6. The van der Waals surface area contributed by atoms with Gasteiger partial charge in [0.25, 0.3) is 0 Å². The molecule has 2 N–H and O–H groups in total. The van der Waals surface area contributed by atoms with Gasteiger partial charge in [-0.3, -0.25) is 9.59 Å². The molecule has 0 bridgehead atoms. The van der Waals surface area contributed by atoms with Crippen LogP contribution >= 0.6 is 0 Å². The van der Waals surface area contributed by atoms with E-state index in [-0.39, 0.29) is 18.5 Å². The van der Waals surface area contributed by atoms with Gasteiger partial charge in [0, 0.05) is 0 Å². The smallest absolute Gasteiger partial charge is 0.225 e. The first kappa shape index (κ1) is 14.8. The van der Waals surface area contributed by atoms with Crippen molar-refractivity contribution in [2.24, 2.45) is 0 Å². The molecule has 4 heteroatoms. The van der Waals surface area contributed by atoms with E-state index < -0.39 is 0 Å². The second kappa shape index (κ2) is 7.85. The zero-order valence-corrected chi connectivity index (χ0v) is 11.7. The van der Waals surface area contributed by atoms with Crippen LogP contribution in [0.2, 0.25) is 0 Å². The highest BCUT2D eigenvalue weighted by Gasteiger charge is 2.04. The second-order valence-corrected chi connectivity index (χ2v) is 4.70. The van der Waals surface area contributed by atoms with Crippen molar-refractivity contribution in [3.05, 3.63) is 71.8 Å². The Hall–Kier alpha value is -2.62. The highest BCUT2D eigenvalue weighted by atomic mass is 16.2. The molecule has 2 amide bonds. The van der Waals surface area contributed by atoms with Gasteiger partial charge < -0.3 is 10.6 Å². The fourth-order valence-corrected chi connectivity index (χ4v) is 1.93. The minimum absolute atomic E-state index is 0.110. The molecule has 4 nitrogen and oxygen atoms in total. The van der Waals surface area contributed by atoms with E-state index in [0.29, 0.717) is 12.8 Å². The van der Waals surface area contributed by atoms with Gasteiger partial charge in [-0.05, 0) is 11.1 Å². The first-order valence-electron chi connectivity index (χ1n) is 6.85. The summed E-state index contributed by atoms with van der Waals surface area (Å²) in [5.74, 6) is -0.220. The van der Waals surface area contributed by atoms with E-state index >= 15 is 0 Å². The lowest BCUT2D eigenvalue weighted by atomic mass is 10.1. The lowest BCUT2D eigenvalue weighted by Crippen LogP contribution is -2.38. The number of hydrogen-bond acceptors (Lipinski definition) is 2. The third-order valence-corrected chi connectivity index (χ3v) is 2.99. The Balaban J connectivity index is 1.67. The average molecular weight is 282 g/mol. The number of carbonyl (C=O) groups is 2. The van der Waals surface area contributed by atoms with E-state index in [1.54, 1.807) is 0 Å². The molecule has 2 aromatic rings. The highest BCUT2D eigenvalue weighted by molar-refractivity contribution is 5.81. The Labute approximate surface area is 124 Å². The minimum Gasteiger partial charge on any atom is -0.338 e. The van der Waals surface area contributed by atoms with Crippen LogP contribution in [-0.2, 0) is 22.4 Å². The quantitative estimate of drug-likeness (QED) is 0.792. The molecule has 0 unspecified atom stereocenters. The lowest BCUT2D eigenvalue weighted by molar-refractivity contribution is -0.122. The van der Waals surface area contributed by atoms with Crippen LogP contribution in [0.3, 0.4) is 0 Å². The fraction of sp³-hybridized carbons (Fsp3) is 0.176. The van der Waals surface area contributed by atoms with Gasteiger partial charge in [0.15, 0.2) is 0 Å². The summed E-state index contributed by atoms with van der Waals surface area (Å²) < 4.78 is 0. The van der Waals surface area contributed by atoms with Crippen LogP contribution in [0.5, 0.6) is 0 Å². The van der Waals surface area contributed by atoms with Crippen LogP contribution in [0.1, 0.15) is 11.1 Å². The third-order valence-electron chi connectivity index (χ3n) is 2.99. The Morgan fingerprint density at radius 2 is 1.05 bits per heavy atom. The molecule has 0 aliphatic heterocycles. The zero-order chi connectivity index (χ0) is 14.9. The Kier molecular flexibility index (Phi) is 5.52. The van der Waals surface area contributed by atoms with Gasteiger partial charge >= 0.3 is 0 Å². The van der Waals surface area contributed by atoms with Crippen molar-refractivity contribution in [1.29, 1.82) is 0 Å². The van der Waals surface area contributed by atoms with Crippen molar-refractivity contribution >= 4 is 11.8 Å². The normalized spacial score (nSPS) is 9.90. The molecule has 2 rings (SSSR count). The predicted octanol–water partition coefficient (Wildman–Crippen LogP) is 1.66. The van der Waals surface area contributed by atoms with Crippen molar-refractivity contribution in [2.45, 2.75) is 12.8 Å². The number of carbonyl (C=O) groups excluding carboxylic acids is 2. The van der Waals surface area contributed by atoms with Crippen molar-refractivity contribution in [3.63, 3.8) is 0 Å². The molecule has 0 saturated heterocycles. The molecule has 0 aromatic heterocycles. The lowest BCUT2D eigenvalue weighted by Gasteiger charge is -2.07. The SMILES string of the molecule is O=C(Cc1ccccc1)NCNC(=O)Cc1ccccc1. The van der Waals surface area contributed by atoms with Crippen LogP contribution in [0, 0.1) is 0 Å². The molecule has 0 atom stereocenters. The van der Waals surface area contributed by atoms with E-state index in [4.69, 9.17) is 0 Å². The Morgan fingerprint density at radius 3 is 1.43 bits per heavy atom. The number of hydrogen-bond donors (Lipinski definition) is 2. The second-order valence-electron chi connectivity index (χ2n) is 4.70. The standard InChI is InChI=1S/C17H18N2O2/c20-16(11-14-7-3-1-4-8-14)18-13-19-17(21)12-15-9-5-2-6-10-15/h1-10H,11-13H2,(H,18,20)(H,19,21). The van der Waals surface area contributed by atoms with Crippen LogP contribution < -0.4 is 10.6 Å². The van der Waals surface area contributed by atoms with Gasteiger partial charge in [0.2, 0.25) is 11.8 Å². The summed E-state index contributed by atoms with van der Waals surface area (Å²) in [7, 11) is 0. The maximum Gasteiger partial charge on any atom is 0.225 e. The summed E-state index contributed by atoms with van der Waals surface area (Å²) in [5, 5.41) is 5.35. The zero-order valence-electron chi connectivity index (χ0n) is 11.7. The van der Waals surface area contributed by atoms with Gasteiger partial charge in [0.1, 0.15) is 0 Å². The average Bonchev–Trinajstić information content (AvgIpc) is 2.49. The van der Waals surface area contributed by atoms with Crippen LogP contribution in [-0.4, -0.2) is 18.5 Å². The van der Waals surface area contributed by atoms with Gasteiger partial charge in [-0.2, -0.15) is 0 Å². The van der Waals surface area contributed by atoms with Crippen molar-refractivity contribution in [2.75, 3.05) is 6.67 Å². The first-order valence-corrected chi connectivity index (χ1v) is 6.85. The summed E-state index contributed by atoms with van der Waals surface area (Å²) in [5.41, 5.74) is 1.90. The molecule has 108 valence electrons. The molecule has 0 aliphatic carbocycles. The van der Waals surface area contributed by atoms with Gasteiger partial charge in [-0.1, -0.05) is 60.7 Å². The molecular formula is C17H18N2O2. The summed E-state index contributed by atoms with van der Waals surface area (Å²) in [4.78, 5) is 23.4. The molecule has 21 heavy (non-hydrogen) atoms. The summed E-state index contributed by atoms with van der Waals surface area (Å²) in [6.45, 7) is 0.150. The van der Waals surface area contributed by atoms with E-state index in [0.717, 1.165) is 11.1 Å². The number of nitrogens with one attached hydrogen (secondary N) is 2. The fourth-order valence-electron chi connectivity index (χ4n) is 1.93. The molecule has 0 fully saturated rings. The van der Waals surface area contributed by atoms with Crippen LogP contribution in [0.25, 0.3) is 0 Å². The van der Waals surface area contributed by atoms with Crippen molar-refractivity contribution < 1.29 is 9.59 Å². The van der Waals surface area contributed by atoms with E-state index in [1.165, 1.54) is 0 Å². The van der Waals surface area contributed by atoms with Crippen LogP contribution in [0.15, 0.2) is 60.7 Å². The summed E-state index contributed by atoms with van der Waals surface area (Å²) >= 11 is 0. The van der Waals surface area contributed by atoms with Crippen molar-refractivity contribution in [1.82, 2.24) is 10.6 Å². The summed E-state index contributed by atoms with van der Waals surface area (Å²) in [6, 6.07) is 19.0. The summed E-state index contributed by atoms with van der Waals surface area (Å²) in [6.07, 6.45) is 0.630. The molecule has 0 heterocycles. The highest BCUT2D eigenvalue weighted by Crippen LogP contribution is 1.99. The predicted molar refractivity (Wildman–Crippen MR) is 81.4 cm³/mol. The molecule has 2 aromatic carbocycles. The maximum absolute atomic E-state index is 11.7. The number of benzene rings is 2. The largest absolute Gasteiger partial charge is 0.338 e. The maximum atomic E-state index is 11.7. The topological polar surface area (TPSA) is 58.2 Å². The van der Waals surface area contributed by atoms with E-state index in [1.807, 2.05) is 60.7 Å².